The van der Waals surface area contributed by atoms with E-state index in [4.69, 9.17) is 4.74 Å². The van der Waals surface area contributed by atoms with Crippen molar-refractivity contribution >= 4 is 12.3 Å². The second-order valence-corrected chi connectivity index (χ2v) is 3.33. The highest BCUT2D eigenvalue weighted by Crippen LogP contribution is 2.13. The third kappa shape index (κ3) is 1.66. The maximum Gasteiger partial charge on any atom is 0.289 e. The molecule has 1 aliphatic heterocycles. The van der Waals surface area contributed by atoms with Gasteiger partial charge in [-0.3, -0.25) is 4.79 Å². The summed E-state index contributed by atoms with van der Waals surface area (Å²) in [5, 5.41) is 0. The predicted molar refractivity (Wildman–Crippen MR) is 53.3 cm³/mol. The van der Waals surface area contributed by atoms with Crippen LogP contribution >= 0.6 is 0 Å². The van der Waals surface area contributed by atoms with E-state index < -0.39 is 6.10 Å². The zero-order valence-electron chi connectivity index (χ0n) is 7.93. The van der Waals surface area contributed by atoms with E-state index in [1.54, 1.807) is 0 Å². The Morgan fingerprint density at radius 2 is 2.21 bits per heavy atom. The van der Waals surface area contributed by atoms with E-state index >= 15 is 0 Å². The Labute approximate surface area is 82.4 Å². The van der Waals surface area contributed by atoms with Gasteiger partial charge in [0, 0.05) is 6.42 Å². The summed E-state index contributed by atoms with van der Waals surface area (Å²) in [7, 11) is 0. The fraction of sp³-hybridized carbons (Fsp3) is 0.273. The lowest BCUT2D eigenvalue weighted by Gasteiger charge is -2.09. The van der Waals surface area contributed by atoms with Crippen LogP contribution in [0.2, 0.25) is 0 Å². The van der Waals surface area contributed by atoms with Crippen molar-refractivity contribution in [3.05, 3.63) is 35.4 Å². The van der Waals surface area contributed by atoms with Crippen molar-refractivity contribution in [1.82, 2.24) is 0 Å². The Morgan fingerprint density at radius 3 is 2.86 bits per heavy atom. The fourth-order valence-corrected chi connectivity index (χ4v) is 1.47. The average molecular weight is 189 g/mol. The molecule has 0 saturated carbocycles. The highest BCUT2D eigenvalue weighted by molar-refractivity contribution is 5.91. The van der Waals surface area contributed by atoms with Gasteiger partial charge in [-0.15, -0.1) is 0 Å². The lowest BCUT2D eigenvalue weighted by atomic mass is 10.0. The molecular weight excluding hydrogens is 178 g/mol. The molecule has 1 aromatic rings. The zero-order valence-corrected chi connectivity index (χ0v) is 7.93. The third-order valence-electron chi connectivity index (χ3n) is 2.35. The highest BCUT2D eigenvalue weighted by Gasteiger charge is 2.23. The lowest BCUT2D eigenvalue weighted by molar-refractivity contribution is -0.122. The lowest BCUT2D eigenvalue weighted by Crippen LogP contribution is -2.19. The second kappa shape index (κ2) is 3.62. The summed E-state index contributed by atoms with van der Waals surface area (Å²) in [6.45, 7) is 2.02. The molecule has 0 N–H and O–H groups in total. The topological polar surface area (TPSA) is 38.7 Å². The monoisotopic (exact) mass is 189 g/mol. The van der Waals surface area contributed by atoms with Gasteiger partial charge in [0.2, 0.25) is 0 Å². The van der Waals surface area contributed by atoms with Gasteiger partial charge >= 0.3 is 0 Å². The number of hydrogen-bond donors (Lipinski definition) is 0. The Hall–Kier alpha value is -1.64. The standard InChI is InChI=1S/C11H11NO2/c1-8-4-2-3-5-9(8)6-10-11(13)12-7-14-10/h2-5,7,10H,6H2,1H3. The fourth-order valence-electron chi connectivity index (χ4n) is 1.47. The Kier molecular flexibility index (Phi) is 2.31. The van der Waals surface area contributed by atoms with Crippen LogP contribution in [0.4, 0.5) is 0 Å². The van der Waals surface area contributed by atoms with Crippen LogP contribution < -0.4 is 0 Å². The summed E-state index contributed by atoms with van der Waals surface area (Å²) in [5.41, 5.74) is 2.31. The van der Waals surface area contributed by atoms with E-state index in [1.165, 1.54) is 12.0 Å². The highest BCUT2D eigenvalue weighted by atomic mass is 16.5. The van der Waals surface area contributed by atoms with Gasteiger partial charge in [0.25, 0.3) is 5.91 Å². The van der Waals surface area contributed by atoms with Crippen molar-refractivity contribution in [2.24, 2.45) is 4.99 Å². The van der Waals surface area contributed by atoms with Gasteiger partial charge in [-0.2, -0.15) is 4.99 Å². The van der Waals surface area contributed by atoms with Gasteiger partial charge in [-0.05, 0) is 18.1 Å². The normalized spacial score (nSPS) is 19.8. The second-order valence-electron chi connectivity index (χ2n) is 3.33. The summed E-state index contributed by atoms with van der Waals surface area (Å²) in [6, 6.07) is 7.97. The van der Waals surface area contributed by atoms with Crippen LogP contribution in [0.1, 0.15) is 11.1 Å². The molecule has 0 saturated heterocycles. The SMILES string of the molecule is Cc1ccccc1CC1OC=NC1=O. The minimum Gasteiger partial charge on any atom is -0.470 e. The maximum absolute atomic E-state index is 11.2. The molecule has 72 valence electrons. The number of benzene rings is 1. The summed E-state index contributed by atoms with van der Waals surface area (Å²) in [6.07, 6.45) is 1.41. The van der Waals surface area contributed by atoms with Crippen molar-refractivity contribution in [3.8, 4) is 0 Å². The molecule has 1 aliphatic rings. The first-order valence-electron chi connectivity index (χ1n) is 4.54. The number of amides is 1. The van der Waals surface area contributed by atoms with Crippen molar-refractivity contribution in [1.29, 1.82) is 0 Å². The van der Waals surface area contributed by atoms with Gasteiger partial charge < -0.3 is 4.74 Å². The summed E-state index contributed by atoms with van der Waals surface area (Å²) in [4.78, 5) is 14.7. The molecule has 1 aromatic carbocycles. The molecule has 0 fully saturated rings. The molecule has 0 bridgehead atoms. The number of hydrogen-bond acceptors (Lipinski definition) is 2. The van der Waals surface area contributed by atoms with Crippen molar-refractivity contribution < 1.29 is 9.53 Å². The number of ether oxygens (including phenoxy) is 1. The number of carbonyl (C=O) groups excluding carboxylic acids is 1. The first-order chi connectivity index (χ1) is 6.77. The molecule has 0 spiro atoms. The van der Waals surface area contributed by atoms with Crippen LogP contribution in [0, 0.1) is 6.92 Å². The van der Waals surface area contributed by atoms with Crippen LogP contribution in [0.3, 0.4) is 0 Å². The number of aliphatic imine (C=N–C) groups is 1. The van der Waals surface area contributed by atoms with Gasteiger partial charge in [0.1, 0.15) is 0 Å². The molecule has 3 nitrogen and oxygen atoms in total. The maximum atomic E-state index is 11.2. The average Bonchev–Trinajstić information content (AvgIpc) is 2.56. The molecule has 2 rings (SSSR count). The quantitative estimate of drug-likeness (QED) is 0.707. The van der Waals surface area contributed by atoms with Gasteiger partial charge in [0.05, 0.1) is 0 Å². The number of carbonyl (C=O) groups is 1. The minimum atomic E-state index is -0.420. The number of aryl methyl sites for hydroxylation is 1. The van der Waals surface area contributed by atoms with E-state index in [-0.39, 0.29) is 5.91 Å². The van der Waals surface area contributed by atoms with Crippen LogP contribution in [-0.4, -0.2) is 18.4 Å². The zero-order chi connectivity index (χ0) is 9.97. The molecule has 3 heteroatoms. The molecule has 1 amide bonds. The Bertz CT molecular complexity index is 385. The molecular formula is C11H11NO2. The third-order valence-corrected chi connectivity index (χ3v) is 2.35. The van der Waals surface area contributed by atoms with E-state index in [2.05, 4.69) is 4.99 Å². The largest absolute Gasteiger partial charge is 0.470 e. The van der Waals surface area contributed by atoms with E-state index in [1.807, 2.05) is 31.2 Å². The molecule has 0 aromatic heterocycles. The molecule has 14 heavy (non-hydrogen) atoms. The summed E-state index contributed by atoms with van der Waals surface area (Å²) in [5.74, 6) is -0.187. The van der Waals surface area contributed by atoms with Crippen molar-refractivity contribution in [2.75, 3.05) is 0 Å². The number of rotatable bonds is 2. The molecule has 1 atom stereocenters. The van der Waals surface area contributed by atoms with Crippen molar-refractivity contribution in [2.45, 2.75) is 19.4 Å². The first kappa shape index (κ1) is 8.94. The minimum absolute atomic E-state index is 0.187. The Morgan fingerprint density at radius 1 is 1.43 bits per heavy atom. The van der Waals surface area contributed by atoms with E-state index in [0.717, 1.165) is 5.56 Å². The van der Waals surface area contributed by atoms with E-state index in [0.29, 0.717) is 6.42 Å². The van der Waals surface area contributed by atoms with E-state index in [9.17, 15) is 4.79 Å². The van der Waals surface area contributed by atoms with Gasteiger partial charge in [0.15, 0.2) is 12.5 Å². The summed E-state index contributed by atoms with van der Waals surface area (Å²) < 4.78 is 5.08. The smallest absolute Gasteiger partial charge is 0.289 e. The predicted octanol–water partition coefficient (Wildman–Crippen LogP) is 1.49. The van der Waals surface area contributed by atoms with Crippen LogP contribution in [0.5, 0.6) is 0 Å². The van der Waals surface area contributed by atoms with Crippen molar-refractivity contribution in [3.63, 3.8) is 0 Å². The number of nitrogens with zero attached hydrogens (tertiary/aromatic N) is 1. The Balaban J connectivity index is 2.12. The van der Waals surface area contributed by atoms with Gasteiger partial charge in [-0.25, -0.2) is 0 Å². The van der Waals surface area contributed by atoms with Crippen LogP contribution in [0.15, 0.2) is 29.3 Å². The molecule has 1 unspecified atom stereocenters. The molecule has 0 aliphatic carbocycles. The molecule has 0 radical (unpaired) electrons. The van der Waals surface area contributed by atoms with Crippen LogP contribution in [-0.2, 0) is 16.0 Å². The van der Waals surface area contributed by atoms with Gasteiger partial charge in [-0.1, -0.05) is 24.3 Å². The van der Waals surface area contributed by atoms with Crippen LogP contribution in [0.25, 0.3) is 0 Å². The summed E-state index contributed by atoms with van der Waals surface area (Å²) >= 11 is 0. The first-order valence-corrected chi connectivity index (χ1v) is 4.54. The molecule has 1 heterocycles.